The van der Waals surface area contributed by atoms with Crippen LogP contribution in [0.4, 0.5) is 0 Å². The molecule has 0 aromatic carbocycles. The second kappa shape index (κ2) is 7.02. The molecular formula is C19H31N5O2. The zero-order chi connectivity index (χ0) is 19.2. The van der Waals surface area contributed by atoms with Gasteiger partial charge in [-0.05, 0) is 24.2 Å². The summed E-state index contributed by atoms with van der Waals surface area (Å²) in [5.74, 6) is 2.60. The van der Waals surface area contributed by atoms with Gasteiger partial charge in [-0.1, -0.05) is 27.7 Å². The Hall–Kier alpha value is -1.89. The maximum absolute atomic E-state index is 12.8. The Morgan fingerprint density at radius 2 is 1.69 bits per heavy atom. The van der Waals surface area contributed by atoms with Crippen molar-refractivity contribution in [3.05, 3.63) is 26.7 Å². The first-order chi connectivity index (χ1) is 12.2. The zero-order valence-electron chi connectivity index (χ0n) is 16.8. The molecule has 2 aromatic heterocycles. The van der Waals surface area contributed by atoms with E-state index in [-0.39, 0.29) is 11.2 Å². The summed E-state index contributed by atoms with van der Waals surface area (Å²) in [4.78, 5) is 32.2. The van der Waals surface area contributed by atoms with Crippen molar-refractivity contribution in [2.24, 2.45) is 31.8 Å². The summed E-state index contributed by atoms with van der Waals surface area (Å²) in [5, 5.41) is 0. The molecular weight excluding hydrogens is 330 g/mol. The summed E-state index contributed by atoms with van der Waals surface area (Å²) in [6.45, 7) is 12.4. The number of rotatable bonds is 4. The standard InChI is InChI=1S/C19H31N5O2/c1-12(2)8-24-15(11-23-9-13(3)7-14(4)10-23)20-17-16(24)18(25)22(6)19(26)21(17)5/h12-14H,7-11H2,1-6H3/t13-,14-/m1/s1. The molecule has 0 radical (unpaired) electrons. The van der Waals surface area contributed by atoms with E-state index >= 15 is 0 Å². The fraction of sp³-hybridized carbons (Fsp3) is 0.737. The lowest BCUT2D eigenvalue weighted by Gasteiger charge is -2.34. The van der Waals surface area contributed by atoms with Crippen LogP contribution in [0.3, 0.4) is 0 Å². The molecule has 0 spiro atoms. The summed E-state index contributed by atoms with van der Waals surface area (Å²) in [6.07, 6.45) is 1.26. The van der Waals surface area contributed by atoms with E-state index in [0.29, 0.717) is 35.5 Å². The zero-order valence-corrected chi connectivity index (χ0v) is 16.8. The second-order valence-electron chi connectivity index (χ2n) is 8.55. The van der Waals surface area contributed by atoms with Crippen LogP contribution in [-0.2, 0) is 27.2 Å². The van der Waals surface area contributed by atoms with Gasteiger partial charge in [0.05, 0.1) is 6.54 Å². The van der Waals surface area contributed by atoms with Gasteiger partial charge in [0.15, 0.2) is 11.2 Å². The third-order valence-corrected chi connectivity index (χ3v) is 5.28. The van der Waals surface area contributed by atoms with Crippen LogP contribution in [0.25, 0.3) is 11.2 Å². The third kappa shape index (κ3) is 3.37. The minimum Gasteiger partial charge on any atom is -0.321 e. The van der Waals surface area contributed by atoms with Gasteiger partial charge in [-0.3, -0.25) is 18.8 Å². The maximum atomic E-state index is 12.8. The van der Waals surface area contributed by atoms with Crippen LogP contribution in [0.15, 0.2) is 9.59 Å². The monoisotopic (exact) mass is 361 g/mol. The number of hydrogen-bond donors (Lipinski definition) is 0. The fourth-order valence-corrected chi connectivity index (χ4v) is 4.30. The molecule has 3 heterocycles. The molecule has 0 bridgehead atoms. The molecule has 2 aromatic rings. The highest BCUT2D eigenvalue weighted by molar-refractivity contribution is 5.71. The number of fused-ring (bicyclic) bond motifs is 1. The van der Waals surface area contributed by atoms with Crippen molar-refractivity contribution >= 4 is 11.2 Å². The minimum atomic E-state index is -0.330. The van der Waals surface area contributed by atoms with Crippen LogP contribution >= 0.6 is 0 Å². The van der Waals surface area contributed by atoms with Crippen molar-refractivity contribution < 1.29 is 0 Å². The van der Waals surface area contributed by atoms with Gasteiger partial charge in [0, 0.05) is 33.7 Å². The van der Waals surface area contributed by atoms with Crippen molar-refractivity contribution in [2.75, 3.05) is 13.1 Å². The Bertz CT molecular complexity index is 911. The van der Waals surface area contributed by atoms with Crippen molar-refractivity contribution in [3.8, 4) is 0 Å². The van der Waals surface area contributed by atoms with Gasteiger partial charge in [-0.25, -0.2) is 9.78 Å². The lowest BCUT2D eigenvalue weighted by atomic mass is 9.92. The average molecular weight is 361 g/mol. The summed E-state index contributed by atoms with van der Waals surface area (Å²) in [6, 6.07) is 0. The molecule has 1 saturated heterocycles. The average Bonchev–Trinajstić information content (AvgIpc) is 2.88. The largest absolute Gasteiger partial charge is 0.332 e. The van der Waals surface area contributed by atoms with Crippen LogP contribution in [0.2, 0.25) is 0 Å². The molecule has 7 heteroatoms. The Morgan fingerprint density at radius 1 is 1.08 bits per heavy atom. The van der Waals surface area contributed by atoms with Crippen LogP contribution in [0.5, 0.6) is 0 Å². The lowest BCUT2D eigenvalue weighted by Crippen LogP contribution is -2.39. The van der Waals surface area contributed by atoms with Gasteiger partial charge in [0.2, 0.25) is 0 Å². The van der Waals surface area contributed by atoms with Crippen LogP contribution in [0, 0.1) is 17.8 Å². The van der Waals surface area contributed by atoms with E-state index < -0.39 is 0 Å². The highest BCUT2D eigenvalue weighted by Gasteiger charge is 2.25. The first kappa shape index (κ1) is 18.9. The van der Waals surface area contributed by atoms with Crippen LogP contribution in [0.1, 0.15) is 39.9 Å². The quantitative estimate of drug-likeness (QED) is 0.829. The number of imidazole rings is 1. The number of nitrogens with zero attached hydrogens (tertiary/aromatic N) is 5. The van der Waals surface area contributed by atoms with E-state index in [4.69, 9.17) is 4.98 Å². The SMILES string of the molecule is CC(C)Cn1c(CN2C[C@H](C)C[C@@H](C)C2)nc2c1c(=O)n(C)c(=O)n2C. The number of piperidine rings is 1. The molecule has 26 heavy (non-hydrogen) atoms. The normalized spacial score (nSPS) is 21.8. The van der Waals surface area contributed by atoms with E-state index in [1.54, 1.807) is 7.05 Å². The van der Waals surface area contributed by atoms with E-state index in [0.717, 1.165) is 25.5 Å². The van der Waals surface area contributed by atoms with E-state index in [1.807, 2.05) is 4.57 Å². The molecule has 0 aliphatic carbocycles. The van der Waals surface area contributed by atoms with Gasteiger partial charge < -0.3 is 4.57 Å². The molecule has 2 atom stereocenters. The lowest BCUT2D eigenvalue weighted by molar-refractivity contribution is 0.130. The van der Waals surface area contributed by atoms with Crippen molar-refractivity contribution in [1.82, 2.24) is 23.6 Å². The molecule has 0 N–H and O–H groups in total. The highest BCUT2D eigenvalue weighted by Crippen LogP contribution is 2.23. The molecule has 3 rings (SSSR count). The molecule has 144 valence electrons. The highest BCUT2D eigenvalue weighted by atomic mass is 16.2. The van der Waals surface area contributed by atoms with Gasteiger partial charge in [0.1, 0.15) is 5.82 Å². The maximum Gasteiger partial charge on any atom is 0.332 e. The van der Waals surface area contributed by atoms with E-state index in [9.17, 15) is 9.59 Å². The molecule has 1 aliphatic rings. The Balaban J connectivity index is 2.12. The Labute approximate surface area is 154 Å². The summed E-state index contributed by atoms with van der Waals surface area (Å²) < 4.78 is 4.69. The van der Waals surface area contributed by atoms with Gasteiger partial charge in [-0.15, -0.1) is 0 Å². The topological polar surface area (TPSA) is 65.1 Å². The molecule has 0 saturated carbocycles. The van der Waals surface area contributed by atoms with Crippen LogP contribution < -0.4 is 11.2 Å². The number of aromatic nitrogens is 4. The summed E-state index contributed by atoms with van der Waals surface area (Å²) >= 11 is 0. The minimum absolute atomic E-state index is 0.261. The Kier molecular flexibility index (Phi) is 5.10. The first-order valence-electron chi connectivity index (χ1n) is 9.56. The Morgan fingerprint density at radius 3 is 2.27 bits per heavy atom. The predicted octanol–water partition coefficient (Wildman–Crippen LogP) is 1.57. The smallest absolute Gasteiger partial charge is 0.321 e. The number of hydrogen-bond acceptors (Lipinski definition) is 4. The van der Waals surface area contributed by atoms with Gasteiger partial charge in [0.25, 0.3) is 5.56 Å². The van der Waals surface area contributed by atoms with Gasteiger partial charge in [-0.2, -0.15) is 0 Å². The van der Waals surface area contributed by atoms with E-state index in [1.165, 1.54) is 22.6 Å². The number of likely N-dealkylation sites (tertiary alicyclic amines) is 1. The number of aryl methyl sites for hydroxylation is 1. The molecule has 0 unspecified atom stereocenters. The molecule has 0 amide bonds. The van der Waals surface area contributed by atoms with Crippen molar-refractivity contribution in [1.29, 1.82) is 0 Å². The first-order valence-corrected chi connectivity index (χ1v) is 9.56. The molecule has 7 nitrogen and oxygen atoms in total. The molecule has 1 fully saturated rings. The van der Waals surface area contributed by atoms with Crippen molar-refractivity contribution in [2.45, 2.75) is 47.2 Å². The van der Waals surface area contributed by atoms with Crippen LogP contribution in [-0.4, -0.2) is 36.7 Å². The summed E-state index contributed by atoms with van der Waals surface area (Å²) in [5.41, 5.74) is 0.439. The summed E-state index contributed by atoms with van der Waals surface area (Å²) in [7, 11) is 3.22. The van der Waals surface area contributed by atoms with E-state index in [2.05, 4.69) is 32.6 Å². The fourth-order valence-electron chi connectivity index (χ4n) is 4.30. The third-order valence-electron chi connectivity index (χ3n) is 5.28. The van der Waals surface area contributed by atoms with Gasteiger partial charge >= 0.3 is 5.69 Å². The van der Waals surface area contributed by atoms with Crippen molar-refractivity contribution in [3.63, 3.8) is 0 Å². The molecule has 1 aliphatic heterocycles. The predicted molar refractivity (Wildman–Crippen MR) is 103 cm³/mol. The second-order valence-corrected chi connectivity index (χ2v) is 8.55.